The van der Waals surface area contributed by atoms with Crippen LogP contribution in [0, 0.1) is 10.1 Å². The van der Waals surface area contributed by atoms with Crippen LogP contribution in [0.25, 0.3) is 16.3 Å². The summed E-state index contributed by atoms with van der Waals surface area (Å²) in [5.41, 5.74) is 0.811. The van der Waals surface area contributed by atoms with E-state index in [4.69, 9.17) is 4.74 Å². The van der Waals surface area contributed by atoms with Crippen molar-refractivity contribution >= 4 is 49.7 Å². The summed E-state index contributed by atoms with van der Waals surface area (Å²) < 4.78 is 7.01. The number of methoxy groups -OCH3 is 1. The molecule has 0 fully saturated rings. The van der Waals surface area contributed by atoms with E-state index in [1.54, 1.807) is 48.7 Å². The number of rotatable bonds is 4. The molecule has 0 aliphatic heterocycles. The summed E-state index contributed by atoms with van der Waals surface area (Å²) in [7, 11) is 1.22. The van der Waals surface area contributed by atoms with E-state index in [1.165, 1.54) is 23.6 Å². The first kappa shape index (κ1) is 18.8. The number of hydrogen-bond donors (Lipinski definition) is 0. The van der Waals surface area contributed by atoms with E-state index >= 15 is 0 Å². The van der Waals surface area contributed by atoms with Gasteiger partial charge in [-0.15, -0.1) is 0 Å². The number of aromatic nitrogens is 1. The molecule has 0 saturated carbocycles. The summed E-state index contributed by atoms with van der Waals surface area (Å²) in [5, 5.41) is 12.5. The highest BCUT2D eigenvalue weighted by Gasteiger charge is 2.26. The molecule has 4 rings (SSSR count). The van der Waals surface area contributed by atoms with Gasteiger partial charge >= 0.3 is 5.97 Å². The van der Waals surface area contributed by atoms with Crippen molar-refractivity contribution < 1.29 is 19.2 Å². The van der Waals surface area contributed by atoms with Gasteiger partial charge in [-0.2, -0.15) is 0 Å². The van der Waals surface area contributed by atoms with Crippen LogP contribution in [-0.4, -0.2) is 28.2 Å². The van der Waals surface area contributed by atoms with Crippen molar-refractivity contribution in [1.82, 2.24) is 4.40 Å². The fourth-order valence-corrected chi connectivity index (χ4v) is 3.87. The average Bonchev–Trinajstić information content (AvgIpc) is 3.13. The monoisotopic (exact) mass is 452 g/mol. The number of nitrogens with zero attached hydrogens (tertiary/aromatic N) is 2. The first-order valence-corrected chi connectivity index (χ1v) is 9.32. The Morgan fingerprint density at radius 1 is 1.10 bits per heavy atom. The largest absolute Gasteiger partial charge is 0.465 e. The lowest BCUT2D eigenvalue weighted by Gasteiger charge is -2.08. The number of pyridine rings is 1. The van der Waals surface area contributed by atoms with Crippen molar-refractivity contribution in [1.29, 1.82) is 0 Å². The van der Waals surface area contributed by atoms with Crippen molar-refractivity contribution in [3.63, 3.8) is 0 Å². The van der Waals surface area contributed by atoms with Gasteiger partial charge in [-0.3, -0.25) is 14.9 Å². The zero-order chi connectivity index (χ0) is 20.7. The highest BCUT2D eigenvalue weighted by molar-refractivity contribution is 9.10. The van der Waals surface area contributed by atoms with E-state index < -0.39 is 10.9 Å². The van der Waals surface area contributed by atoms with E-state index in [0.29, 0.717) is 15.4 Å². The van der Waals surface area contributed by atoms with Gasteiger partial charge in [-0.25, -0.2) is 4.79 Å². The fourth-order valence-electron chi connectivity index (χ4n) is 3.41. The zero-order valence-corrected chi connectivity index (χ0v) is 16.7. The maximum absolute atomic E-state index is 13.1. The van der Waals surface area contributed by atoms with Gasteiger partial charge in [0.15, 0.2) is 0 Å². The molecule has 2 aromatic heterocycles. The number of fused-ring (bicyclic) bond motifs is 3. The lowest BCUT2D eigenvalue weighted by molar-refractivity contribution is -0.383. The van der Waals surface area contributed by atoms with E-state index in [9.17, 15) is 19.7 Å². The van der Waals surface area contributed by atoms with Crippen LogP contribution in [0.4, 0.5) is 5.69 Å². The molecule has 144 valence electrons. The Hall–Kier alpha value is -3.52. The summed E-state index contributed by atoms with van der Waals surface area (Å²) in [6.07, 6.45) is 1.62. The lowest BCUT2D eigenvalue weighted by atomic mass is 10.1. The minimum Gasteiger partial charge on any atom is -0.465 e. The molecule has 0 aliphatic rings. The van der Waals surface area contributed by atoms with Gasteiger partial charge < -0.3 is 9.14 Å². The van der Waals surface area contributed by atoms with Gasteiger partial charge in [0.25, 0.3) is 5.69 Å². The molecule has 0 bridgehead atoms. The second-order valence-corrected chi connectivity index (χ2v) is 7.13. The molecule has 7 nitrogen and oxygen atoms in total. The lowest BCUT2D eigenvalue weighted by Crippen LogP contribution is -2.05. The smallest absolute Gasteiger partial charge is 0.340 e. The van der Waals surface area contributed by atoms with Crippen LogP contribution in [-0.2, 0) is 4.74 Å². The first-order chi connectivity index (χ1) is 13.9. The Morgan fingerprint density at radius 2 is 1.83 bits per heavy atom. The van der Waals surface area contributed by atoms with Gasteiger partial charge in [0, 0.05) is 27.7 Å². The van der Waals surface area contributed by atoms with Gasteiger partial charge in [-0.05, 0) is 18.2 Å². The maximum atomic E-state index is 13.1. The van der Waals surface area contributed by atoms with Gasteiger partial charge in [0.2, 0.25) is 5.78 Å². The number of nitro groups is 1. The first-order valence-electron chi connectivity index (χ1n) is 8.52. The van der Waals surface area contributed by atoms with Crippen molar-refractivity contribution in [2.75, 3.05) is 7.11 Å². The summed E-state index contributed by atoms with van der Waals surface area (Å²) in [4.78, 5) is 36.7. The SMILES string of the molecule is COC(=O)c1cc(C(=O)c2ccccc2)n2ccc3c(Br)ccc([N+](=O)[O-])c3c12. The fraction of sp³-hybridized carbons (Fsp3) is 0.0476. The molecule has 0 unspecified atom stereocenters. The van der Waals surface area contributed by atoms with Crippen LogP contribution >= 0.6 is 15.9 Å². The number of ketones is 1. The third kappa shape index (κ3) is 2.98. The summed E-state index contributed by atoms with van der Waals surface area (Å²) in [5.74, 6) is -0.996. The van der Waals surface area contributed by atoms with Crippen LogP contribution in [0.5, 0.6) is 0 Å². The Labute approximate surface area is 172 Å². The van der Waals surface area contributed by atoms with E-state index in [1.807, 2.05) is 0 Å². The molecule has 0 radical (unpaired) electrons. The number of benzene rings is 2. The molecule has 0 spiro atoms. The standard InChI is InChI=1S/C21H13BrN2O5/c1-29-21(26)14-11-17(20(25)12-5-3-2-4-6-12)23-10-9-13-15(22)7-8-16(24(27)28)18(13)19(14)23/h2-11H,1H3. The zero-order valence-electron chi connectivity index (χ0n) is 15.1. The predicted molar refractivity (Wildman–Crippen MR) is 110 cm³/mol. The molecule has 2 heterocycles. The van der Waals surface area contributed by atoms with Crippen molar-refractivity contribution in [3.05, 3.63) is 92.2 Å². The molecular weight excluding hydrogens is 440 g/mol. The van der Waals surface area contributed by atoms with Crippen LogP contribution in [0.1, 0.15) is 26.4 Å². The van der Waals surface area contributed by atoms with Crippen molar-refractivity contribution in [3.8, 4) is 0 Å². The van der Waals surface area contributed by atoms with Crippen LogP contribution in [0.2, 0.25) is 0 Å². The Balaban J connectivity index is 2.15. The second-order valence-electron chi connectivity index (χ2n) is 6.28. The Morgan fingerprint density at radius 3 is 2.48 bits per heavy atom. The molecule has 0 aliphatic carbocycles. The van der Waals surface area contributed by atoms with Gasteiger partial charge in [0.1, 0.15) is 0 Å². The highest BCUT2D eigenvalue weighted by atomic mass is 79.9. The number of ether oxygens (including phenoxy) is 1. The number of hydrogen-bond acceptors (Lipinski definition) is 5. The summed E-state index contributed by atoms with van der Waals surface area (Å²) in [6, 6.07) is 14.6. The van der Waals surface area contributed by atoms with Crippen LogP contribution in [0.3, 0.4) is 0 Å². The molecule has 0 saturated heterocycles. The van der Waals surface area contributed by atoms with E-state index in [0.717, 1.165) is 0 Å². The summed E-state index contributed by atoms with van der Waals surface area (Å²) in [6.45, 7) is 0. The minimum atomic E-state index is -0.684. The number of non-ortho nitro benzene ring substituents is 1. The van der Waals surface area contributed by atoms with Gasteiger partial charge in [-0.1, -0.05) is 46.3 Å². The second kappa shape index (κ2) is 7.14. The number of esters is 1. The minimum absolute atomic E-state index is 0.0820. The number of halogens is 1. The predicted octanol–water partition coefficient (Wildman–Crippen LogP) is 4.78. The maximum Gasteiger partial charge on any atom is 0.340 e. The number of nitro benzene ring substituents is 1. The molecule has 0 N–H and O–H groups in total. The molecule has 0 amide bonds. The van der Waals surface area contributed by atoms with Crippen molar-refractivity contribution in [2.45, 2.75) is 0 Å². The van der Waals surface area contributed by atoms with E-state index in [-0.39, 0.29) is 33.6 Å². The Bertz CT molecular complexity index is 1310. The third-order valence-corrected chi connectivity index (χ3v) is 5.40. The van der Waals surface area contributed by atoms with Crippen LogP contribution < -0.4 is 0 Å². The molecule has 4 aromatic rings. The molecular formula is C21H13BrN2O5. The summed E-state index contributed by atoms with van der Waals surface area (Å²) >= 11 is 3.40. The molecule has 29 heavy (non-hydrogen) atoms. The number of carbonyl (C=O) groups is 2. The number of carbonyl (C=O) groups excluding carboxylic acids is 2. The molecule has 0 atom stereocenters. The third-order valence-electron chi connectivity index (χ3n) is 4.70. The van der Waals surface area contributed by atoms with Crippen molar-refractivity contribution in [2.24, 2.45) is 0 Å². The Kier molecular flexibility index (Phi) is 4.63. The van der Waals surface area contributed by atoms with Gasteiger partial charge in [0.05, 0.1) is 34.2 Å². The van der Waals surface area contributed by atoms with E-state index in [2.05, 4.69) is 15.9 Å². The average molecular weight is 453 g/mol. The van der Waals surface area contributed by atoms with Crippen LogP contribution in [0.15, 0.2) is 65.3 Å². The molecule has 8 heteroatoms. The quantitative estimate of drug-likeness (QED) is 0.192. The highest BCUT2D eigenvalue weighted by Crippen LogP contribution is 2.37. The molecule has 2 aromatic carbocycles. The topological polar surface area (TPSA) is 90.9 Å². The normalized spacial score (nSPS) is 11.0.